The van der Waals surface area contributed by atoms with Gasteiger partial charge in [0.1, 0.15) is 5.82 Å². The van der Waals surface area contributed by atoms with E-state index in [1.807, 2.05) is 4.90 Å². The molecule has 2 amide bonds. The molecule has 5 heteroatoms. The van der Waals surface area contributed by atoms with Crippen molar-refractivity contribution in [3.05, 3.63) is 35.6 Å². The van der Waals surface area contributed by atoms with Crippen LogP contribution in [-0.2, 0) is 9.59 Å². The average Bonchev–Trinajstić information content (AvgIpc) is 2.47. The van der Waals surface area contributed by atoms with Crippen LogP contribution in [0.25, 0.3) is 0 Å². The van der Waals surface area contributed by atoms with Gasteiger partial charge in [0.15, 0.2) is 0 Å². The van der Waals surface area contributed by atoms with Gasteiger partial charge in [-0.2, -0.15) is 0 Å². The molecule has 0 spiro atoms. The Morgan fingerprint density at radius 2 is 1.95 bits per heavy atom. The third-order valence-corrected chi connectivity index (χ3v) is 4.61. The van der Waals surface area contributed by atoms with E-state index in [0.29, 0.717) is 19.4 Å². The third-order valence-electron chi connectivity index (χ3n) is 4.61. The highest BCUT2D eigenvalue weighted by molar-refractivity contribution is 5.80. The third kappa shape index (κ3) is 3.13. The number of amides is 2. The van der Waals surface area contributed by atoms with E-state index >= 15 is 0 Å². The molecule has 2 heterocycles. The molecule has 1 aromatic rings. The fraction of sp³-hybridized carbons (Fsp3) is 0.529. The van der Waals surface area contributed by atoms with Gasteiger partial charge in [-0.05, 0) is 37.0 Å². The van der Waals surface area contributed by atoms with Crippen molar-refractivity contribution in [2.75, 3.05) is 19.6 Å². The Balaban J connectivity index is 1.54. The van der Waals surface area contributed by atoms with E-state index in [1.165, 1.54) is 12.1 Å². The van der Waals surface area contributed by atoms with Crippen molar-refractivity contribution in [1.29, 1.82) is 0 Å². The largest absolute Gasteiger partial charge is 0.342 e. The predicted octanol–water partition coefficient (Wildman–Crippen LogP) is 2.50. The Kier molecular flexibility index (Phi) is 4.41. The maximum atomic E-state index is 13.0. The van der Waals surface area contributed by atoms with Crippen LogP contribution in [-0.4, -0.2) is 41.2 Å². The van der Waals surface area contributed by atoms with Gasteiger partial charge in [0.25, 0.3) is 0 Å². The number of likely N-dealkylation sites (tertiary alicyclic amines) is 2. The van der Waals surface area contributed by atoms with Crippen molar-refractivity contribution in [2.24, 2.45) is 0 Å². The second kappa shape index (κ2) is 6.46. The zero-order valence-corrected chi connectivity index (χ0v) is 12.6. The van der Waals surface area contributed by atoms with Crippen molar-refractivity contribution < 1.29 is 14.0 Å². The quantitative estimate of drug-likeness (QED) is 0.857. The highest BCUT2D eigenvalue weighted by Crippen LogP contribution is 2.33. The van der Waals surface area contributed by atoms with Crippen molar-refractivity contribution in [3.8, 4) is 0 Å². The molecule has 0 N–H and O–H groups in total. The van der Waals surface area contributed by atoms with Crippen LogP contribution in [0.3, 0.4) is 0 Å². The summed E-state index contributed by atoms with van der Waals surface area (Å²) in [7, 11) is 0. The first-order valence-electron chi connectivity index (χ1n) is 7.98. The predicted molar refractivity (Wildman–Crippen MR) is 80.5 cm³/mol. The van der Waals surface area contributed by atoms with E-state index in [1.54, 1.807) is 17.0 Å². The molecule has 0 saturated carbocycles. The van der Waals surface area contributed by atoms with Crippen LogP contribution in [0.2, 0.25) is 0 Å². The van der Waals surface area contributed by atoms with Crippen molar-refractivity contribution in [3.63, 3.8) is 0 Å². The van der Waals surface area contributed by atoms with Crippen LogP contribution < -0.4 is 0 Å². The van der Waals surface area contributed by atoms with Crippen LogP contribution in [0, 0.1) is 5.82 Å². The lowest BCUT2D eigenvalue weighted by atomic mass is 9.94. The SMILES string of the molecule is O=C1CCCCN1CCC(=O)N1CCC1c1ccc(F)cc1. The van der Waals surface area contributed by atoms with Crippen LogP contribution in [0.4, 0.5) is 4.39 Å². The Morgan fingerprint density at radius 3 is 2.59 bits per heavy atom. The van der Waals surface area contributed by atoms with Crippen LogP contribution in [0.1, 0.15) is 43.7 Å². The molecule has 22 heavy (non-hydrogen) atoms. The summed E-state index contributed by atoms with van der Waals surface area (Å²) in [6.45, 7) is 2.03. The fourth-order valence-corrected chi connectivity index (χ4v) is 3.19. The number of hydrogen-bond donors (Lipinski definition) is 0. The lowest BCUT2D eigenvalue weighted by Gasteiger charge is -2.42. The molecule has 4 nitrogen and oxygen atoms in total. The number of halogens is 1. The maximum absolute atomic E-state index is 13.0. The second-order valence-corrected chi connectivity index (χ2v) is 6.03. The lowest BCUT2D eigenvalue weighted by Crippen LogP contribution is -2.46. The van der Waals surface area contributed by atoms with Gasteiger partial charge in [-0.15, -0.1) is 0 Å². The molecule has 1 atom stereocenters. The molecule has 3 rings (SSSR count). The molecular weight excluding hydrogens is 283 g/mol. The van der Waals surface area contributed by atoms with Gasteiger partial charge in [0, 0.05) is 32.5 Å². The summed E-state index contributed by atoms with van der Waals surface area (Å²) in [5, 5.41) is 0. The summed E-state index contributed by atoms with van der Waals surface area (Å²) in [4.78, 5) is 27.7. The molecular formula is C17H21FN2O2. The van der Waals surface area contributed by atoms with E-state index in [9.17, 15) is 14.0 Å². The van der Waals surface area contributed by atoms with E-state index in [0.717, 1.165) is 37.9 Å². The number of carbonyl (C=O) groups is 2. The van der Waals surface area contributed by atoms with Crippen LogP contribution in [0.5, 0.6) is 0 Å². The summed E-state index contributed by atoms with van der Waals surface area (Å²) in [5.41, 5.74) is 0.982. The number of hydrogen-bond acceptors (Lipinski definition) is 2. The zero-order chi connectivity index (χ0) is 15.5. The topological polar surface area (TPSA) is 40.6 Å². The monoisotopic (exact) mass is 304 g/mol. The summed E-state index contributed by atoms with van der Waals surface area (Å²) in [5.74, 6) is -0.0127. The standard InChI is InChI=1S/C17H21FN2O2/c18-14-6-4-13(5-7-14)15-8-12-20(15)17(22)9-11-19-10-2-1-3-16(19)21/h4-7,15H,1-3,8-12H2. The van der Waals surface area contributed by atoms with Crippen molar-refractivity contribution in [2.45, 2.75) is 38.1 Å². The smallest absolute Gasteiger partial charge is 0.224 e. The van der Waals surface area contributed by atoms with E-state index in [4.69, 9.17) is 0 Å². The summed E-state index contributed by atoms with van der Waals surface area (Å²) in [6, 6.07) is 6.41. The fourth-order valence-electron chi connectivity index (χ4n) is 3.19. The van der Waals surface area contributed by atoms with E-state index in [2.05, 4.69) is 0 Å². The molecule has 2 aliphatic rings. The van der Waals surface area contributed by atoms with Gasteiger partial charge in [-0.3, -0.25) is 9.59 Å². The Hall–Kier alpha value is -1.91. The molecule has 118 valence electrons. The number of carbonyl (C=O) groups excluding carboxylic acids is 2. The first-order chi connectivity index (χ1) is 10.6. The number of nitrogens with zero attached hydrogens (tertiary/aromatic N) is 2. The molecule has 0 aliphatic carbocycles. The number of rotatable bonds is 4. The highest BCUT2D eigenvalue weighted by atomic mass is 19.1. The van der Waals surface area contributed by atoms with Gasteiger partial charge in [0.05, 0.1) is 6.04 Å². The zero-order valence-electron chi connectivity index (χ0n) is 12.6. The molecule has 2 saturated heterocycles. The second-order valence-electron chi connectivity index (χ2n) is 6.03. The van der Waals surface area contributed by atoms with E-state index < -0.39 is 0 Å². The van der Waals surface area contributed by atoms with Gasteiger partial charge in [-0.25, -0.2) is 4.39 Å². The summed E-state index contributed by atoms with van der Waals surface area (Å²) < 4.78 is 13.0. The lowest BCUT2D eigenvalue weighted by molar-refractivity contribution is -0.140. The van der Waals surface area contributed by atoms with Gasteiger partial charge in [-0.1, -0.05) is 12.1 Å². The number of benzene rings is 1. The highest BCUT2D eigenvalue weighted by Gasteiger charge is 2.33. The molecule has 2 aliphatic heterocycles. The molecule has 0 aromatic heterocycles. The van der Waals surface area contributed by atoms with Crippen molar-refractivity contribution in [1.82, 2.24) is 9.80 Å². The van der Waals surface area contributed by atoms with Crippen LogP contribution >= 0.6 is 0 Å². The molecule has 1 aromatic carbocycles. The average molecular weight is 304 g/mol. The molecule has 0 radical (unpaired) electrons. The normalized spacial score (nSPS) is 21.7. The Bertz CT molecular complexity index is 558. The maximum Gasteiger partial charge on any atom is 0.224 e. The van der Waals surface area contributed by atoms with E-state index in [-0.39, 0.29) is 23.7 Å². The molecule has 0 bridgehead atoms. The minimum absolute atomic E-state index is 0.0603. The van der Waals surface area contributed by atoms with Crippen LogP contribution in [0.15, 0.2) is 24.3 Å². The number of piperidine rings is 1. The minimum atomic E-state index is -0.260. The Morgan fingerprint density at radius 1 is 1.18 bits per heavy atom. The first-order valence-corrected chi connectivity index (χ1v) is 7.98. The molecule has 1 unspecified atom stereocenters. The first kappa shape index (κ1) is 15.0. The van der Waals surface area contributed by atoms with Gasteiger partial charge < -0.3 is 9.80 Å². The summed E-state index contributed by atoms with van der Waals surface area (Å²) in [6.07, 6.45) is 3.89. The molecule has 2 fully saturated rings. The van der Waals surface area contributed by atoms with Crippen molar-refractivity contribution >= 4 is 11.8 Å². The summed E-state index contributed by atoms with van der Waals surface area (Å²) >= 11 is 0. The Labute approximate surface area is 129 Å². The minimum Gasteiger partial charge on any atom is -0.342 e. The van der Waals surface area contributed by atoms with Gasteiger partial charge >= 0.3 is 0 Å². The van der Waals surface area contributed by atoms with Gasteiger partial charge in [0.2, 0.25) is 11.8 Å².